The number of likely N-dealkylation sites (tertiary alicyclic amines) is 1. The van der Waals surface area contributed by atoms with Crippen molar-refractivity contribution < 1.29 is 19.2 Å². The summed E-state index contributed by atoms with van der Waals surface area (Å²) in [6.07, 6.45) is 2.66. The summed E-state index contributed by atoms with van der Waals surface area (Å²) >= 11 is 0. The molecule has 3 heterocycles. The van der Waals surface area contributed by atoms with Crippen LogP contribution in [-0.2, 0) is 14.1 Å². The van der Waals surface area contributed by atoms with E-state index in [1.54, 1.807) is 0 Å². The van der Waals surface area contributed by atoms with Crippen molar-refractivity contribution in [1.82, 2.24) is 9.80 Å². The molecule has 200 valence electrons. The topological polar surface area (TPSA) is 65.5 Å². The number of benzene rings is 1. The molecule has 0 atom stereocenters. The van der Waals surface area contributed by atoms with Crippen LogP contribution in [-0.4, -0.2) is 91.6 Å². The lowest BCUT2D eigenvalue weighted by Crippen LogP contribution is -2.49. The van der Waals surface area contributed by atoms with Crippen LogP contribution in [0.5, 0.6) is 0 Å². The number of hydrogen-bond donors (Lipinski definition) is 1. The molecule has 8 heteroatoms. The zero-order valence-electron chi connectivity index (χ0n) is 23.3. The number of piperidine rings is 1. The van der Waals surface area contributed by atoms with Crippen molar-refractivity contribution >= 4 is 24.2 Å². The molecule has 4 rings (SSSR count). The predicted octanol–water partition coefficient (Wildman–Crippen LogP) is 3.32. The Balaban J connectivity index is 1.20. The van der Waals surface area contributed by atoms with Crippen molar-refractivity contribution in [2.24, 2.45) is 11.3 Å². The Bertz CT molecular complexity index is 873. The van der Waals surface area contributed by atoms with E-state index in [1.165, 1.54) is 25.1 Å². The molecule has 36 heavy (non-hydrogen) atoms. The lowest BCUT2D eigenvalue weighted by atomic mass is 9.79. The van der Waals surface area contributed by atoms with Gasteiger partial charge in [-0.05, 0) is 82.6 Å². The highest BCUT2D eigenvalue weighted by atomic mass is 16.7. The number of carboxylic acids is 1. The molecule has 1 aromatic rings. The summed E-state index contributed by atoms with van der Waals surface area (Å²) in [5, 5.41) is 9.15. The van der Waals surface area contributed by atoms with Gasteiger partial charge < -0.3 is 24.2 Å². The molecule has 1 N–H and O–H groups in total. The van der Waals surface area contributed by atoms with E-state index in [2.05, 4.69) is 80.5 Å². The summed E-state index contributed by atoms with van der Waals surface area (Å²) in [6, 6.07) is 8.71. The Morgan fingerprint density at radius 2 is 1.50 bits per heavy atom. The van der Waals surface area contributed by atoms with Crippen LogP contribution in [0.4, 0.5) is 5.69 Å². The van der Waals surface area contributed by atoms with E-state index in [4.69, 9.17) is 14.4 Å². The van der Waals surface area contributed by atoms with Gasteiger partial charge in [0.25, 0.3) is 0 Å². The third-order valence-corrected chi connectivity index (χ3v) is 8.66. The van der Waals surface area contributed by atoms with Gasteiger partial charge in [0.05, 0.1) is 17.6 Å². The molecule has 0 amide bonds. The second-order valence-corrected chi connectivity index (χ2v) is 12.9. The van der Waals surface area contributed by atoms with Crippen LogP contribution in [0.15, 0.2) is 24.3 Å². The first kappa shape index (κ1) is 27.4. The Kier molecular flexibility index (Phi) is 8.11. The molecule has 1 aromatic carbocycles. The fourth-order valence-corrected chi connectivity index (χ4v) is 5.77. The number of nitrogens with zero attached hydrogens (tertiary/aromatic N) is 3. The number of hydrogen-bond acceptors (Lipinski definition) is 6. The Labute approximate surface area is 218 Å². The average molecular weight is 500 g/mol. The third kappa shape index (κ3) is 6.63. The van der Waals surface area contributed by atoms with Crippen molar-refractivity contribution in [3.05, 3.63) is 24.3 Å². The average Bonchev–Trinajstić information content (AvgIpc) is 3.01. The molecule has 0 aliphatic carbocycles. The van der Waals surface area contributed by atoms with E-state index >= 15 is 0 Å². The normalized spacial score (nSPS) is 23.8. The molecule has 0 saturated carbocycles. The molecular weight excluding hydrogens is 453 g/mol. The highest BCUT2D eigenvalue weighted by Crippen LogP contribution is 2.36. The van der Waals surface area contributed by atoms with Crippen LogP contribution in [0.25, 0.3) is 0 Å². The molecule has 0 aromatic heterocycles. The van der Waals surface area contributed by atoms with Crippen LogP contribution in [0.2, 0.25) is 0 Å². The maximum atomic E-state index is 11.1. The van der Waals surface area contributed by atoms with Gasteiger partial charge in [-0.1, -0.05) is 26.0 Å². The minimum atomic E-state index is -0.699. The van der Waals surface area contributed by atoms with E-state index in [1.807, 2.05) is 0 Å². The lowest BCUT2D eigenvalue weighted by molar-refractivity contribution is -0.139. The highest BCUT2D eigenvalue weighted by Gasteiger charge is 2.51. The Morgan fingerprint density at radius 1 is 0.944 bits per heavy atom. The highest BCUT2D eigenvalue weighted by molar-refractivity contribution is 6.62. The number of anilines is 1. The second kappa shape index (κ2) is 10.6. The fourth-order valence-electron chi connectivity index (χ4n) is 5.77. The third-order valence-electron chi connectivity index (χ3n) is 8.66. The zero-order chi connectivity index (χ0) is 26.1. The first-order valence-corrected chi connectivity index (χ1v) is 13.7. The first-order chi connectivity index (χ1) is 16.8. The summed E-state index contributed by atoms with van der Waals surface area (Å²) in [6.45, 7) is 21.0. The number of piperazine rings is 1. The molecule has 3 aliphatic heterocycles. The SMILES string of the molecule is CC(C)(CC(=O)O)CN1CCC(CN2CCN(c3ccc(B4OC(C)(C)C(C)(C)O4)cc3)CC2)CC1. The van der Waals surface area contributed by atoms with Gasteiger partial charge in [-0.2, -0.15) is 0 Å². The molecule has 0 radical (unpaired) electrons. The van der Waals surface area contributed by atoms with Crippen molar-refractivity contribution in [3.8, 4) is 0 Å². The van der Waals surface area contributed by atoms with Gasteiger partial charge in [0.15, 0.2) is 0 Å². The van der Waals surface area contributed by atoms with Crippen LogP contribution >= 0.6 is 0 Å². The molecule has 7 nitrogen and oxygen atoms in total. The number of aliphatic carboxylic acids is 1. The van der Waals surface area contributed by atoms with E-state index in [-0.39, 0.29) is 30.2 Å². The quantitative estimate of drug-likeness (QED) is 0.551. The lowest BCUT2D eigenvalue weighted by Gasteiger charge is -2.41. The van der Waals surface area contributed by atoms with Crippen LogP contribution < -0.4 is 10.4 Å². The van der Waals surface area contributed by atoms with Crippen molar-refractivity contribution in [1.29, 1.82) is 0 Å². The van der Waals surface area contributed by atoms with Gasteiger partial charge in [0.2, 0.25) is 0 Å². The van der Waals surface area contributed by atoms with E-state index in [0.29, 0.717) is 0 Å². The maximum absolute atomic E-state index is 11.1. The summed E-state index contributed by atoms with van der Waals surface area (Å²) in [5.41, 5.74) is 1.54. The molecule has 0 bridgehead atoms. The minimum Gasteiger partial charge on any atom is -0.481 e. The summed E-state index contributed by atoms with van der Waals surface area (Å²) < 4.78 is 12.4. The summed E-state index contributed by atoms with van der Waals surface area (Å²) in [5.74, 6) is 0.0458. The van der Waals surface area contributed by atoms with Crippen molar-refractivity contribution in [3.63, 3.8) is 0 Å². The van der Waals surface area contributed by atoms with Crippen LogP contribution in [0.1, 0.15) is 60.8 Å². The molecule has 3 fully saturated rings. The zero-order valence-corrected chi connectivity index (χ0v) is 23.3. The van der Waals surface area contributed by atoms with Crippen molar-refractivity contribution in [2.75, 3.05) is 57.3 Å². The van der Waals surface area contributed by atoms with E-state index < -0.39 is 5.97 Å². The Hall–Kier alpha value is -1.61. The fraction of sp³-hybridized carbons (Fsp3) is 0.750. The van der Waals surface area contributed by atoms with Crippen LogP contribution in [0.3, 0.4) is 0 Å². The second-order valence-electron chi connectivity index (χ2n) is 12.9. The molecule has 3 saturated heterocycles. The summed E-state index contributed by atoms with van der Waals surface area (Å²) in [7, 11) is -0.310. The summed E-state index contributed by atoms with van der Waals surface area (Å²) in [4.78, 5) is 18.7. The number of carbonyl (C=O) groups is 1. The number of carboxylic acid groups (broad SMARTS) is 1. The van der Waals surface area contributed by atoms with Gasteiger partial charge in [-0.15, -0.1) is 0 Å². The Morgan fingerprint density at radius 3 is 2.03 bits per heavy atom. The monoisotopic (exact) mass is 499 g/mol. The van der Waals surface area contributed by atoms with Gasteiger partial charge in [-0.25, -0.2) is 0 Å². The smallest absolute Gasteiger partial charge is 0.481 e. The molecule has 3 aliphatic rings. The van der Waals surface area contributed by atoms with Crippen LogP contribution in [0, 0.1) is 11.3 Å². The van der Waals surface area contributed by atoms with E-state index in [0.717, 1.165) is 57.2 Å². The predicted molar refractivity (Wildman–Crippen MR) is 146 cm³/mol. The molecule has 0 unspecified atom stereocenters. The molecular formula is C28H46BN3O4. The largest absolute Gasteiger partial charge is 0.494 e. The van der Waals surface area contributed by atoms with Gasteiger partial charge in [0, 0.05) is 45.0 Å². The molecule has 0 spiro atoms. The van der Waals surface area contributed by atoms with Gasteiger partial charge in [-0.3, -0.25) is 9.69 Å². The maximum Gasteiger partial charge on any atom is 0.494 e. The standard InChI is InChI=1S/C28H46BN3O4/c1-26(2,19-25(33)34)21-31-13-11-22(12-14-31)20-30-15-17-32(18-16-30)24-9-7-23(8-10-24)29-35-27(3,4)28(5,6)36-29/h7-10,22H,11-21H2,1-6H3,(H,33,34). The first-order valence-electron chi connectivity index (χ1n) is 13.7. The number of rotatable bonds is 8. The van der Waals surface area contributed by atoms with Gasteiger partial charge in [0.1, 0.15) is 0 Å². The van der Waals surface area contributed by atoms with Crippen molar-refractivity contribution in [2.45, 2.75) is 72.0 Å². The van der Waals surface area contributed by atoms with E-state index in [9.17, 15) is 4.79 Å². The van der Waals surface area contributed by atoms with Gasteiger partial charge >= 0.3 is 13.1 Å². The minimum absolute atomic E-state index is 0.169.